The Labute approximate surface area is 167 Å². The Bertz CT molecular complexity index is 899. The molecule has 0 unspecified atom stereocenters. The molecule has 2 aromatic rings. The smallest absolute Gasteiger partial charge is 0.338 e. The number of benzene rings is 1. The molecule has 7 heteroatoms. The number of amides is 1. The van der Waals surface area contributed by atoms with Crippen LogP contribution < -0.4 is 0 Å². The zero-order valence-electron chi connectivity index (χ0n) is 15.1. The minimum Gasteiger partial charge on any atom is -0.462 e. The Hall–Kier alpha value is -2.38. The van der Waals surface area contributed by atoms with Gasteiger partial charge in [-0.3, -0.25) is 9.69 Å². The Balaban J connectivity index is 1.76. The molecule has 1 fully saturated rings. The van der Waals surface area contributed by atoms with Crippen LogP contribution >= 0.6 is 24.0 Å². The normalized spacial score (nSPS) is 15.6. The van der Waals surface area contributed by atoms with Crippen LogP contribution in [-0.2, 0) is 9.53 Å². The molecule has 3 rings (SSSR count). The predicted molar refractivity (Wildman–Crippen MR) is 110 cm³/mol. The summed E-state index contributed by atoms with van der Waals surface area (Å²) >= 11 is 6.56. The van der Waals surface area contributed by atoms with Crippen LogP contribution in [0.4, 0.5) is 0 Å². The summed E-state index contributed by atoms with van der Waals surface area (Å²) in [7, 11) is 0. The molecule has 5 nitrogen and oxygen atoms in total. The van der Waals surface area contributed by atoms with E-state index in [1.807, 2.05) is 13.0 Å². The van der Waals surface area contributed by atoms with Crippen molar-refractivity contribution in [1.82, 2.24) is 4.90 Å². The van der Waals surface area contributed by atoms with Gasteiger partial charge in [-0.15, -0.1) is 0 Å². The SMILES string of the molecule is CCCN1C(=O)C(=Cc2ccc(-c3ccc(C(=O)OCC)cc3)o2)SC1=S. The van der Waals surface area contributed by atoms with E-state index in [1.54, 1.807) is 48.2 Å². The van der Waals surface area contributed by atoms with Gasteiger partial charge in [-0.05, 0) is 37.6 Å². The summed E-state index contributed by atoms with van der Waals surface area (Å²) in [6.45, 7) is 4.74. The second kappa shape index (κ2) is 8.54. The number of hydrogen-bond donors (Lipinski definition) is 0. The van der Waals surface area contributed by atoms with Crippen LogP contribution in [0.3, 0.4) is 0 Å². The summed E-state index contributed by atoms with van der Waals surface area (Å²) in [6.07, 6.45) is 2.57. The molecular formula is C20H19NO4S2. The highest BCUT2D eigenvalue weighted by Gasteiger charge is 2.31. The highest BCUT2D eigenvalue weighted by atomic mass is 32.2. The molecule has 1 aliphatic rings. The van der Waals surface area contributed by atoms with Crippen LogP contribution in [-0.4, -0.2) is 34.2 Å². The maximum Gasteiger partial charge on any atom is 0.338 e. The lowest BCUT2D eigenvalue weighted by Crippen LogP contribution is -2.28. The quantitative estimate of drug-likeness (QED) is 0.396. The summed E-state index contributed by atoms with van der Waals surface area (Å²) in [4.78, 5) is 26.3. The molecule has 1 amide bonds. The molecule has 0 saturated carbocycles. The van der Waals surface area contributed by atoms with E-state index in [-0.39, 0.29) is 11.9 Å². The van der Waals surface area contributed by atoms with Crippen LogP contribution in [0.15, 0.2) is 45.7 Å². The van der Waals surface area contributed by atoms with Crippen LogP contribution in [0.1, 0.15) is 36.4 Å². The van der Waals surface area contributed by atoms with Crippen molar-refractivity contribution in [2.45, 2.75) is 20.3 Å². The zero-order valence-corrected chi connectivity index (χ0v) is 16.7. The van der Waals surface area contributed by atoms with Crippen LogP contribution in [0.25, 0.3) is 17.4 Å². The summed E-state index contributed by atoms with van der Waals surface area (Å²) in [5.74, 6) is 0.805. The third kappa shape index (κ3) is 4.31. The van der Waals surface area contributed by atoms with E-state index in [1.165, 1.54) is 11.8 Å². The van der Waals surface area contributed by atoms with Gasteiger partial charge in [-0.2, -0.15) is 0 Å². The van der Waals surface area contributed by atoms with Gasteiger partial charge in [0, 0.05) is 18.2 Å². The largest absolute Gasteiger partial charge is 0.462 e. The lowest BCUT2D eigenvalue weighted by atomic mass is 10.1. The fourth-order valence-electron chi connectivity index (χ4n) is 2.62. The number of carbonyl (C=O) groups is 2. The third-order valence-corrected chi connectivity index (χ3v) is 5.28. The highest BCUT2D eigenvalue weighted by molar-refractivity contribution is 8.26. The number of rotatable bonds is 6. The number of carbonyl (C=O) groups excluding carboxylic acids is 2. The number of ether oxygens (including phenoxy) is 1. The maximum absolute atomic E-state index is 12.4. The first kappa shape index (κ1) is 19.4. The Morgan fingerprint density at radius 2 is 1.96 bits per heavy atom. The van der Waals surface area contributed by atoms with E-state index in [2.05, 4.69) is 0 Å². The van der Waals surface area contributed by atoms with Gasteiger partial charge in [0.05, 0.1) is 17.1 Å². The van der Waals surface area contributed by atoms with Crippen molar-refractivity contribution in [1.29, 1.82) is 0 Å². The van der Waals surface area contributed by atoms with Gasteiger partial charge in [-0.1, -0.05) is 43.0 Å². The predicted octanol–water partition coefficient (Wildman–Crippen LogP) is 4.73. The number of hydrogen-bond acceptors (Lipinski definition) is 6. The Morgan fingerprint density at radius 3 is 2.63 bits per heavy atom. The molecule has 1 aromatic heterocycles. The third-order valence-electron chi connectivity index (χ3n) is 3.90. The molecule has 27 heavy (non-hydrogen) atoms. The van der Waals surface area contributed by atoms with E-state index in [0.717, 1.165) is 12.0 Å². The maximum atomic E-state index is 12.4. The second-order valence-corrected chi connectivity index (χ2v) is 7.51. The fraction of sp³-hybridized carbons (Fsp3) is 0.250. The number of esters is 1. The molecule has 1 saturated heterocycles. The van der Waals surface area contributed by atoms with Crippen molar-refractivity contribution in [3.63, 3.8) is 0 Å². The molecule has 2 heterocycles. The summed E-state index contributed by atoms with van der Waals surface area (Å²) < 4.78 is 11.4. The van der Waals surface area contributed by atoms with E-state index in [9.17, 15) is 9.59 Å². The Kier molecular flexibility index (Phi) is 6.13. The van der Waals surface area contributed by atoms with Crippen LogP contribution in [0.5, 0.6) is 0 Å². The van der Waals surface area contributed by atoms with Gasteiger partial charge in [0.2, 0.25) is 0 Å². The van der Waals surface area contributed by atoms with Crippen LogP contribution in [0, 0.1) is 0 Å². The molecule has 1 aromatic carbocycles. The minimum atomic E-state index is -0.349. The molecule has 0 aliphatic carbocycles. The Morgan fingerprint density at radius 1 is 1.22 bits per heavy atom. The van der Waals surface area contributed by atoms with E-state index in [0.29, 0.717) is 39.5 Å². The first-order valence-electron chi connectivity index (χ1n) is 8.66. The first-order chi connectivity index (χ1) is 13.0. The number of nitrogens with zero attached hydrogens (tertiary/aromatic N) is 1. The van der Waals surface area contributed by atoms with Crippen molar-refractivity contribution < 1.29 is 18.7 Å². The molecule has 0 bridgehead atoms. The van der Waals surface area contributed by atoms with Crippen molar-refractivity contribution in [2.24, 2.45) is 0 Å². The molecular weight excluding hydrogens is 382 g/mol. The van der Waals surface area contributed by atoms with Crippen LogP contribution in [0.2, 0.25) is 0 Å². The van der Waals surface area contributed by atoms with E-state index < -0.39 is 0 Å². The molecule has 0 N–H and O–H groups in total. The molecule has 140 valence electrons. The molecule has 0 radical (unpaired) electrons. The lowest BCUT2D eigenvalue weighted by Gasteiger charge is -2.11. The first-order valence-corrected chi connectivity index (χ1v) is 9.88. The number of thioether (sulfide) groups is 1. The van der Waals surface area contributed by atoms with Gasteiger partial charge < -0.3 is 9.15 Å². The summed E-state index contributed by atoms with van der Waals surface area (Å²) in [6, 6.07) is 10.6. The standard InChI is InChI=1S/C20H19NO4S2/c1-3-11-21-18(22)17(27-20(21)26)12-15-9-10-16(25-15)13-5-7-14(8-6-13)19(23)24-4-2/h5-10,12H,3-4,11H2,1-2H3. The minimum absolute atomic E-state index is 0.0800. The molecule has 0 atom stereocenters. The van der Waals surface area contributed by atoms with E-state index >= 15 is 0 Å². The average Bonchev–Trinajstić information content (AvgIpc) is 3.23. The number of thiocarbonyl (C=S) groups is 1. The van der Waals surface area contributed by atoms with Gasteiger partial charge in [0.15, 0.2) is 0 Å². The van der Waals surface area contributed by atoms with Crippen molar-refractivity contribution >= 4 is 46.3 Å². The van der Waals surface area contributed by atoms with Gasteiger partial charge in [0.1, 0.15) is 15.8 Å². The summed E-state index contributed by atoms with van der Waals surface area (Å²) in [5.41, 5.74) is 1.33. The fourth-order valence-corrected chi connectivity index (χ4v) is 3.90. The highest BCUT2D eigenvalue weighted by Crippen LogP contribution is 2.33. The zero-order chi connectivity index (χ0) is 19.4. The average molecular weight is 402 g/mol. The van der Waals surface area contributed by atoms with Gasteiger partial charge >= 0.3 is 5.97 Å². The number of furan rings is 1. The molecule has 1 aliphatic heterocycles. The second-order valence-electron chi connectivity index (χ2n) is 5.83. The van der Waals surface area contributed by atoms with Crippen molar-refractivity contribution in [3.8, 4) is 11.3 Å². The van der Waals surface area contributed by atoms with Gasteiger partial charge in [-0.25, -0.2) is 4.79 Å². The van der Waals surface area contributed by atoms with Gasteiger partial charge in [0.25, 0.3) is 5.91 Å². The summed E-state index contributed by atoms with van der Waals surface area (Å²) in [5, 5.41) is 0. The van der Waals surface area contributed by atoms with E-state index in [4.69, 9.17) is 21.4 Å². The van der Waals surface area contributed by atoms with Crippen molar-refractivity contribution in [3.05, 3.63) is 52.6 Å². The topological polar surface area (TPSA) is 59.8 Å². The lowest BCUT2D eigenvalue weighted by molar-refractivity contribution is -0.122. The monoisotopic (exact) mass is 401 g/mol. The van der Waals surface area contributed by atoms with Crippen molar-refractivity contribution in [2.75, 3.05) is 13.2 Å². The molecule has 0 spiro atoms.